The fourth-order valence-corrected chi connectivity index (χ4v) is 5.12. The number of rotatable bonds is 7. The zero-order valence-electron chi connectivity index (χ0n) is 15.8. The van der Waals surface area contributed by atoms with Gasteiger partial charge < -0.3 is 14.6 Å². The molecule has 27 heavy (non-hydrogen) atoms. The Morgan fingerprint density at radius 2 is 2.15 bits per heavy atom. The molecule has 0 aliphatic carbocycles. The average molecular weight is 394 g/mol. The zero-order valence-corrected chi connectivity index (χ0v) is 16.7. The van der Waals surface area contributed by atoms with E-state index in [2.05, 4.69) is 16.8 Å². The van der Waals surface area contributed by atoms with E-state index in [1.807, 2.05) is 18.3 Å². The number of fused-ring (bicyclic) bond motifs is 1. The molecule has 1 aliphatic rings. The minimum atomic E-state index is -3.62. The fraction of sp³-hybridized carbons (Fsp3) is 0.526. The predicted octanol–water partition coefficient (Wildman–Crippen LogP) is 1.82. The Labute approximate surface area is 160 Å². The third-order valence-corrected chi connectivity index (χ3v) is 6.94. The Bertz CT molecular complexity index is 907. The second kappa shape index (κ2) is 8.41. The van der Waals surface area contributed by atoms with Crippen molar-refractivity contribution < 1.29 is 17.9 Å². The van der Waals surface area contributed by atoms with E-state index < -0.39 is 10.0 Å². The number of aromatic nitrogens is 1. The quantitative estimate of drug-likeness (QED) is 0.728. The van der Waals surface area contributed by atoms with Crippen LogP contribution in [-0.2, 0) is 26.1 Å². The number of hydrogen-bond acceptors (Lipinski definition) is 4. The summed E-state index contributed by atoms with van der Waals surface area (Å²) in [4.78, 5) is 12.6. The minimum absolute atomic E-state index is 0.109. The van der Waals surface area contributed by atoms with E-state index in [-0.39, 0.29) is 23.3 Å². The summed E-state index contributed by atoms with van der Waals surface area (Å²) in [6, 6.07) is 7.16. The molecule has 1 fully saturated rings. The highest BCUT2D eigenvalue weighted by Crippen LogP contribution is 2.26. The maximum absolute atomic E-state index is 13.1. The number of aryl methyl sites for hydroxylation is 1. The summed E-state index contributed by atoms with van der Waals surface area (Å²) in [5, 5.41) is 3.72. The number of piperidine rings is 1. The largest absolute Gasteiger partial charge is 0.383 e. The van der Waals surface area contributed by atoms with E-state index in [0.717, 1.165) is 17.4 Å². The van der Waals surface area contributed by atoms with Crippen LogP contribution in [-0.4, -0.2) is 56.5 Å². The van der Waals surface area contributed by atoms with Crippen LogP contribution in [0.15, 0.2) is 35.4 Å². The number of ether oxygens (including phenoxy) is 1. The van der Waals surface area contributed by atoms with Crippen LogP contribution in [0.5, 0.6) is 0 Å². The maximum atomic E-state index is 13.1. The second-order valence-electron chi connectivity index (χ2n) is 6.81. The summed E-state index contributed by atoms with van der Waals surface area (Å²) in [6.45, 7) is 4.42. The van der Waals surface area contributed by atoms with Gasteiger partial charge in [0.25, 0.3) is 0 Å². The van der Waals surface area contributed by atoms with Gasteiger partial charge in [0.05, 0.1) is 17.4 Å². The molecule has 0 saturated carbocycles. The lowest BCUT2D eigenvalue weighted by molar-refractivity contribution is -0.126. The van der Waals surface area contributed by atoms with Crippen molar-refractivity contribution in [3.63, 3.8) is 0 Å². The SMILES string of the molecule is CCn1ccc2cc(S(=O)(=O)N3CCCC(C(=O)NCCOC)C3)ccc21. The molecule has 1 aromatic heterocycles. The van der Waals surface area contributed by atoms with E-state index in [1.54, 1.807) is 19.2 Å². The van der Waals surface area contributed by atoms with Crippen LogP contribution in [0.25, 0.3) is 10.9 Å². The van der Waals surface area contributed by atoms with E-state index >= 15 is 0 Å². The summed E-state index contributed by atoms with van der Waals surface area (Å²) in [6.07, 6.45) is 3.33. The molecule has 1 N–H and O–H groups in total. The lowest BCUT2D eigenvalue weighted by atomic mass is 9.99. The van der Waals surface area contributed by atoms with Crippen LogP contribution < -0.4 is 5.32 Å². The fourth-order valence-electron chi connectivity index (χ4n) is 3.56. The molecule has 1 aliphatic heterocycles. The van der Waals surface area contributed by atoms with E-state index in [0.29, 0.717) is 32.5 Å². The van der Waals surface area contributed by atoms with Crippen LogP contribution >= 0.6 is 0 Å². The lowest BCUT2D eigenvalue weighted by Crippen LogP contribution is -2.45. The van der Waals surface area contributed by atoms with Gasteiger partial charge in [-0.05, 0) is 44.0 Å². The van der Waals surface area contributed by atoms with Crippen LogP contribution in [0.4, 0.5) is 0 Å². The van der Waals surface area contributed by atoms with Gasteiger partial charge in [-0.2, -0.15) is 4.31 Å². The van der Waals surface area contributed by atoms with Crippen molar-refractivity contribution in [3.8, 4) is 0 Å². The molecule has 2 aromatic rings. The smallest absolute Gasteiger partial charge is 0.243 e. The molecule has 1 saturated heterocycles. The Morgan fingerprint density at radius 1 is 1.33 bits per heavy atom. The summed E-state index contributed by atoms with van der Waals surface area (Å²) >= 11 is 0. The number of sulfonamides is 1. The summed E-state index contributed by atoms with van der Waals surface area (Å²) in [5.74, 6) is -0.433. The van der Waals surface area contributed by atoms with Crippen molar-refractivity contribution in [3.05, 3.63) is 30.5 Å². The summed E-state index contributed by atoms with van der Waals surface area (Å²) < 4.78 is 34.7. The molecule has 1 amide bonds. The molecule has 8 heteroatoms. The number of benzene rings is 1. The third kappa shape index (κ3) is 4.17. The van der Waals surface area contributed by atoms with E-state index in [4.69, 9.17) is 4.74 Å². The van der Waals surface area contributed by atoms with Crippen molar-refractivity contribution in [2.45, 2.75) is 31.2 Å². The molecular weight excluding hydrogens is 366 g/mol. The van der Waals surface area contributed by atoms with Crippen LogP contribution in [0.1, 0.15) is 19.8 Å². The summed E-state index contributed by atoms with van der Waals surface area (Å²) in [5.41, 5.74) is 1.02. The van der Waals surface area contributed by atoms with Gasteiger partial charge in [0.1, 0.15) is 0 Å². The third-order valence-electron chi connectivity index (χ3n) is 5.08. The van der Waals surface area contributed by atoms with Gasteiger partial charge in [-0.3, -0.25) is 4.79 Å². The molecule has 2 heterocycles. The van der Waals surface area contributed by atoms with Crippen LogP contribution in [0.2, 0.25) is 0 Å². The van der Waals surface area contributed by atoms with Crippen molar-refractivity contribution in [1.82, 2.24) is 14.2 Å². The first kappa shape index (κ1) is 19.9. The van der Waals surface area contributed by atoms with Gasteiger partial charge in [-0.25, -0.2) is 8.42 Å². The number of nitrogens with zero attached hydrogens (tertiary/aromatic N) is 2. The van der Waals surface area contributed by atoms with Gasteiger partial charge >= 0.3 is 0 Å². The van der Waals surface area contributed by atoms with Gasteiger partial charge in [0, 0.05) is 50.4 Å². The topological polar surface area (TPSA) is 80.6 Å². The molecule has 1 aromatic carbocycles. The molecule has 0 radical (unpaired) electrons. The van der Waals surface area contributed by atoms with Crippen molar-refractivity contribution >= 4 is 26.8 Å². The average Bonchev–Trinajstić information content (AvgIpc) is 3.10. The monoisotopic (exact) mass is 393 g/mol. The Morgan fingerprint density at radius 3 is 2.89 bits per heavy atom. The number of nitrogens with one attached hydrogen (secondary N) is 1. The second-order valence-corrected chi connectivity index (χ2v) is 8.75. The first-order chi connectivity index (χ1) is 13.0. The summed E-state index contributed by atoms with van der Waals surface area (Å²) in [7, 11) is -2.05. The normalized spacial score (nSPS) is 18.7. The first-order valence-corrected chi connectivity index (χ1v) is 10.8. The molecule has 1 unspecified atom stereocenters. The highest BCUT2D eigenvalue weighted by Gasteiger charge is 2.33. The molecule has 1 atom stereocenters. The molecule has 3 rings (SSSR count). The van der Waals surface area contributed by atoms with Gasteiger partial charge in [0.2, 0.25) is 15.9 Å². The Balaban J connectivity index is 1.76. The highest BCUT2D eigenvalue weighted by molar-refractivity contribution is 7.89. The van der Waals surface area contributed by atoms with E-state index in [1.165, 1.54) is 4.31 Å². The molecular formula is C19H27N3O4S. The molecule has 0 bridgehead atoms. The molecule has 7 nitrogen and oxygen atoms in total. The van der Waals surface area contributed by atoms with Gasteiger partial charge in [-0.1, -0.05) is 0 Å². The molecule has 0 spiro atoms. The number of amides is 1. The maximum Gasteiger partial charge on any atom is 0.243 e. The minimum Gasteiger partial charge on any atom is -0.383 e. The van der Waals surface area contributed by atoms with Gasteiger partial charge in [-0.15, -0.1) is 0 Å². The van der Waals surface area contributed by atoms with Gasteiger partial charge in [0.15, 0.2) is 0 Å². The highest BCUT2D eigenvalue weighted by atomic mass is 32.2. The number of hydrogen-bond donors (Lipinski definition) is 1. The number of carbonyl (C=O) groups is 1. The lowest BCUT2D eigenvalue weighted by Gasteiger charge is -2.31. The van der Waals surface area contributed by atoms with Crippen LogP contribution in [0, 0.1) is 5.92 Å². The van der Waals surface area contributed by atoms with Crippen molar-refractivity contribution in [2.75, 3.05) is 33.4 Å². The Kier molecular flexibility index (Phi) is 6.18. The standard InChI is InChI=1S/C19H27N3O4S/c1-3-21-11-8-15-13-17(6-7-18(15)21)27(24,25)22-10-4-5-16(14-22)19(23)20-9-12-26-2/h6-8,11,13,16H,3-5,9-10,12,14H2,1-2H3,(H,20,23). The van der Waals surface area contributed by atoms with Crippen molar-refractivity contribution in [1.29, 1.82) is 0 Å². The number of carbonyl (C=O) groups excluding carboxylic acids is 1. The predicted molar refractivity (Wildman–Crippen MR) is 104 cm³/mol. The Hall–Kier alpha value is -1.90. The number of methoxy groups -OCH3 is 1. The van der Waals surface area contributed by atoms with Crippen LogP contribution in [0.3, 0.4) is 0 Å². The molecule has 148 valence electrons. The van der Waals surface area contributed by atoms with E-state index in [9.17, 15) is 13.2 Å². The zero-order chi connectivity index (χ0) is 19.4. The first-order valence-electron chi connectivity index (χ1n) is 9.33. The van der Waals surface area contributed by atoms with Crippen molar-refractivity contribution in [2.24, 2.45) is 5.92 Å².